The van der Waals surface area contributed by atoms with Gasteiger partial charge < -0.3 is 19.9 Å². The van der Waals surface area contributed by atoms with Gasteiger partial charge >= 0.3 is 0 Å². The third-order valence-corrected chi connectivity index (χ3v) is 8.67. The number of piperazine rings is 1. The number of nitrogens with zero attached hydrogens (tertiary/aromatic N) is 4. The first-order valence-electron chi connectivity index (χ1n) is 13.5. The van der Waals surface area contributed by atoms with Gasteiger partial charge in [-0.2, -0.15) is 0 Å². The van der Waals surface area contributed by atoms with Crippen LogP contribution in [-0.2, 0) is 14.3 Å². The lowest BCUT2D eigenvalue weighted by Gasteiger charge is -2.34. The van der Waals surface area contributed by atoms with Crippen molar-refractivity contribution < 1.29 is 23.5 Å². The second-order valence-electron chi connectivity index (χ2n) is 11.1. The van der Waals surface area contributed by atoms with Gasteiger partial charge in [-0.25, -0.2) is 9.37 Å². The Morgan fingerprint density at radius 2 is 2.00 bits per heavy atom. The molecule has 1 N–H and O–H groups in total. The number of hydrogen-bond donors (Lipinski definition) is 1. The van der Waals surface area contributed by atoms with E-state index in [1.54, 1.807) is 24.1 Å². The number of ketones is 1. The van der Waals surface area contributed by atoms with Gasteiger partial charge in [0.2, 0.25) is 5.91 Å². The van der Waals surface area contributed by atoms with Crippen molar-refractivity contribution in [2.75, 3.05) is 44.7 Å². The second-order valence-corrected chi connectivity index (χ2v) is 11.9. The molecule has 0 aliphatic carbocycles. The molecule has 0 saturated carbocycles. The average molecular weight is 568 g/mol. The van der Waals surface area contributed by atoms with Crippen LogP contribution < -0.4 is 10.2 Å². The third kappa shape index (κ3) is 5.61. The number of rotatable bonds is 7. The van der Waals surface area contributed by atoms with E-state index in [4.69, 9.17) is 11.2 Å². The fraction of sp³-hybridized carbons (Fsp3) is 0.517. The summed E-state index contributed by atoms with van der Waals surface area (Å²) in [6, 6.07) is 5.51. The maximum absolute atomic E-state index is 14.1. The largest absolute Gasteiger partial charge is 0.366 e. The number of Topliss-reactive ketones (excluding diaryl/α,β-unsaturated/α-hetero) is 1. The normalized spacial score (nSPS) is 25.6. The summed E-state index contributed by atoms with van der Waals surface area (Å²) in [5.74, 6) is 1.55. The molecule has 5 atom stereocenters. The third-order valence-electron chi connectivity index (χ3n) is 7.77. The highest BCUT2D eigenvalue weighted by Crippen LogP contribution is 2.33. The van der Waals surface area contributed by atoms with Crippen LogP contribution in [0.4, 0.5) is 9.52 Å². The summed E-state index contributed by atoms with van der Waals surface area (Å²) in [7, 11) is 1.77. The van der Waals surface area contributed by atoms with Gasteiger partial charge in [-0.15, -0.1) is 17.8 Å². The molecule has 3 aliphatic heterocycles. The Bertz CT molecular complexity index is 1310. The number of ether oxygens (including phenoxy) is 1. The van der Waals surface area contributed by atoms with Crippen LogP contribution in [-0.4, -0.2) is 96.7 Å². The minimum atomic E-state index is -1.03. The Morgan fingerprint density at radius 1 is 1.25 bits per heavy atom. The predicted molar refractivity (Wildman–Crippen MR) is 151 cm³/mol. The highest BCUT2D eigenvalue weighted by atomic mass is 32.1. The number of benzene rings is 1. The van der Waals surface area contributed by atoms with Gasteiger partial charge in [0.05, 0.1) is 18.2 Å². The van der Waals surface area contributed by atoms with E-state index in [-0.39, 0.29) is 49.1 Å². The summed E-state index contributed by atoms with van der Waals surface area (Å²) in [5, 5.41) is 5.58. The molecule has 3 saturated heterocycles. The van der Waals surface area contributed by atoms with Gasteiger partial charge in [-0.05, 0) is 31.5 Å². The van der Waals surface area contributed by atoms with Crippen LogP contribution in [0.15, 0.2) is 29.6 Å². The van der Waals surface area contributed by atoms with Crippen molar-refractivity contribution in [2.45, 2.75) is 44.8 Å². The number of anilines is 1. The molecule has 0 bridgehead atoms. The Hall–Kier alpha value is -3.33. The number of terminal acetylenes is 1. The molecule has 11 heteroatoms. The molecule has 212 valence electrons. The smallest absolute Gasteiger partial charge is 0.251 e. The summed E-state index contributed by atoms with van der Waals surface area (Å²) in [6.07, 6.45) is 4.54. The van der Waals surface area contributed by atoms with Crippen molar-refractivity contribution in [1.29, 1.82) is 0 Å². The Kier molecular flexibility index (Phi) is 8.21. The molecule has 2 aromatic rings. The van der Waals surface area contributed by atoms with Crippen molar-refractivity contribution in [3.63, 3.8) is 0 Å². The number of thiazole rings is 1. The van der Waals surface area contributed by atoms with E-state index in [0.29, 0.717) is 25.1 Å². The van der Waals surface area contributed by atoms with Crippen LogP contribution in [0.2, 0.25) is 0 Å². The summed E-state index contributed by atoms with van der Waals surface area (Å²) in [6.45, 7) is 5.74. The van der Waals surface area contributed by atoms with E-state index >= 15 is 0 Å². The van der Waals surface area contributed by atoms with Crippen molar-refractivity contribution in [3.8, 4) is 23.6 Å². The number of fused-ring (bicyclic) bond motifs is 1. The van der Waals surface area contributed by atoms with Crippen molar-refractivity contribution >= 4 is 34.1 Å². The van der Waals surface area contributed by atoms with Crippen LogP contribution in [0.3, 0.4) is 0 Å². The second kappa shape index (κ2) is 11.6. The number of amides is 2. The lowest BCUT2D eigenvalue weighted by Crippen LogP contribution is -2.52. The summed E-state index contributed by atoms with van der Waals surface area (Å²) < 4.78 is 19.7. The first-order valence-corrected chi connectivity index (χ1v) is 14.4. The van der Waals surface area contributed by atoms with Crippen molar-refractivity contribution in [2.24, 2.45) is 11.8 Å². The van der Waals surface area contributed by atoms with E-state index in [1.165, 1.54) is 16.2 Å². The van der Waals surface area contributed by atoms with E-state index < -0.39 is 24.5 Å². The summed E-state index contributed by atoms with van der Waals surface area (Å²) >= 11 is 1.47. The zero-order chi connectivity index (χ0) is 28.6. The molecule has 5 unspecified atom stereocenters. The van der Waals surface area contributed by atoms with Crippen LogP contribution in [0.25, 0.3) is 11.3 Å². The molecule has 5 rings (SSSR count). The van der Waals surface area contributed by atoms with Crippen LogP contribution in [0.1, 0.15) is 30.6 Å². The molecule has 0 spiro atoms. The predicted octanol–water partition coefficient (Wildman–Crippen LogP) is 2.43. The Labute approximate surface area is 237 Å². The number of hydrogen-bond acceptors (Lipinski definition) is 8. The van der Waals surface area contributed by atoms with E-state index in [2.05, 4.69) is 16.2 Å². The number of aromatic nitrogens is 1. The summed E-state index contributed by atoms with van der Waals surface area (Å²) in [5.41, 5.74) is 1.99. The number of halogens is 1. The molecule has 3 aliphatic rings. The monoisotopic (exact) mass is 567 g/mol. The zero-order valence-corrected chi connectivity index (χ0v) is 23.7. The van der Waals surface area contributed by atoms with Crippen molar-refractivity contribution in [1.82, 2.24) is 20.1 Å². The number of carbonyl (C=O) groups is 3. The van der Waals surface area contributed by atoms with Crippen LogP contribution in [0.5, 0.6) is 0 Å². The fourth-order valence-corrected chi connectivity index (χ4v) is 6.38. The number of nitrogens with one attached hydrogen (secondary N) is 1. The van der Waals surface area contributed by atoms with Crippen molar-refractivity contribution in [3.05, 3.63) is 35.2 Å². The molecule has 40 heavy (non-hydrogen) atoms. The first-order chi connectivity index (χ1) is 19.2. The van der Waals surface area contributed by atoms with Gasteiger partial charge in [0, 0.05) is 36.1 Å². The van der Waals surface area contributed by atoms with E-state index in [0.717, 1.165) is 16.4 Å². The molecule has 3 fully saturated rings. The van der Waals surface area contributed by atoms with Gasteiger partial charge in [-0.1, -0.05) is 31.9 Å². The lowest BCUT2D eigenvalue weighted by atomic mass is 10.0. The van der Waals surface area contributed by atoms with Gasteiger partial charge in [-0.3, -0.25) is 19.3 Å². The van der Waals surface area contributed by atoms with Crippen LogP contribution in [0, 0.1) is 24.2 Å². The minimum Gasteiger partial charge on any atom is -0.366 e. The maximum Gasteiger partial charge on any atom is 0.251 e. The molecule has 4 heterocycles. The molecule has 0 radical (unpaired) electrons. The number of carbonyl (C=O) groups excluding carboxylic acids is 3. The quantitative estimate of drug-likeness (QED) is 0.406. The Balaban J connectivity index is 1.27. The number of likely N-dealkylation sites (tertiary alicyclic amines) is 1. The SMILES string of the molecule is C#CC1CN(C(=O)C(CC(C)C)NC(=O)c2ccc(-c3csc(N4CCN(C)C(F)C4)n3)cc2)C2C(=O)COC12. The molecule has 9 nitrogen and oxygen atoms in total. The molecular formula is C29H34FN5O4S. The number of alkyl halides is 1. The highest BCUT2D eigenvalue weighted by Gasteiger charge is 2.52. The van der Waals surface area contributed by atoms with E-state index in [9.17, 15) is 18.8 Å². The average Bonchev–Trinajstić information content (AvgIpc) is 3.66. The molecular weight excluding hydrogens is 533 g/mol. The zero-order valence-electron chi connectivity index (χ0n) is 22.9. The highest BCUT2D eigenvalue weighted by molar-refractivity contribution is 7.14. The van der Waals surface area contributed by atoms with E-state index in [1.807, 2.05) is 36.3 Å². The minimum absolute atomic E-state index is 0.0585. The first kappa shape index (κ1) is 28.2. The molecule has 1 aromatic heterocycles. The standard InChI is InChI=1S/C29H34FN5O4S/c1-5-18-13-35(25-23(36)15-39-26(18)25)28(38)21(12-17(2)3)31-27(37)20-8-6-19(7-9-20)22-16-40-29(32-22)34-11-10-33(4)24(30)14-34/h1,6-9,16-18,21,24-26H,10-15H2,2-4H3,(H,31,37). The Morgan fingerprint density at radius 3 is 2.67 bits per heavy atom. The topological polar surface area (TPSA) is 95.1 Å². The van der Waals surface area contributed by atoms with Gasteiger partial charge in [0.1, 0.15) is 24.8 Å². The fourth-order valence-electron chi connectivity index (χ4n) is 5.50. The van der Waals surface area contributed by atoms with Crippen LogP contribution >= 0.6 is 11.3 Å². The molecule has 1 aromatic carbocycles. The molecule has 2 amide bonds. The number of likely N-dealkylation sites (N-methyl/N-ethyl adjacent to an activating group) is 1. The summed E-state index contributed by atoms with van der Waals surface area (Å²) in [4.78, 5) is 49.1. The van der Waals surface area contributed by atoms with Gasteiger partial charge in [0.25, 0.3) is 5.91 Å². The lowest BCUT2D eigenvalue weighted by molar-refractivity contribution is -0.138. The maximum atomic E-state index is 14.1. The van der Waals surface area contributed by atoms with Gasteiger partial charge in [0.15, 0.2) is 17.2 Å².